The molecule has 1 amide bonds. The monoisotopic (exact) mass is 356 g/mol. The van der Waals surface area contributed by atoms with Crippen molar-refractivity contribution in [2.24, 2.45) is 5.41 Å². The Hall–Kier alpha value is -1.93. The molecule has 0 bridgehead atoms. The van der Waals surface area contributed by atoms with Crippen molar-refractivity contribution in [1.82, 2.24) is 4.72 Å². The van der Waals surface area contributed by atoms with Crippen molar-refractivity contribution in [3.63, 3.8) is 0 Å². The van der Waals surface area contributed by atoms with Gasteiger partial charge in [-0.15, -0.1) is 0 Å². The van der Waals surface area contributed by atoms with Gasteiger partial charge in [-0.2, -0.15) is 0 Å². The van der Waals surface area contributed by atoms with Crippen LogP contribution in [0.1, 0.15) is 41.0 Å². The number of hydrogen-bond acceptors (Lipinski definition) is 4. The molecule has 8 heteroatoms. The summed E-state index contributed by atoms with van der Waals surface area (Å²) in [7, 11) is -3.72. The zero-order valence-corrected chi connectivity index (χ0v) is 15.3. The average molecular weight is 356 g/mol. The van der Waals surface area contributed by atoms with Gasteiger partial charge in [-0.25, -0.2) is 13.1 Å². The summed E-state index contributed by atoms with van der Waals surface area (Å²) in [6, 6.07) is 5.81. The van der Waals surface area contributed by atoms with E-state index in [1.54, 1.807) is 26.8 Å². The average Bonchev–Trinajstić information content (AvgIpc) is 2.35. The Balaban J connectivity index is 2.94. The maximum atomic E-state index is 12.3. The van der Waals surface area contributed by atoms with Gasteiger partial charge in [-0.05, 0) is 52.8 Å². The number of rotatable bonds is 6. The lowest BCUT2D eigenvalue weighted by molar-refractivity contribution is -0.148. The van der Waals surface area contributed by atoms with Gasteiger partial charge in [-0.3, -0.25) is 9.59 Å². The lowest BCUT2D eigenvalue weighted by Crippen LogP contribution is -2.40. The number of sulfonamides is 1. The van der Waals surface area contributed by atoms with E-state index in [2.05, 4.69) is 10.0 Å². The third kappa shape index (κ3) is 5.93. The summed E-state index contributed by atoms with van der Waals surface area (Å²) in [6.45, 7) is 8.07. The highest BCUT2D eigenvalue weighted by Gasteiger charge is 2.30. The highest BCUT2D eigenvalue weighted by atomic mass is 32.2. The topological polar surface area (TPSA) is 113 Å². The van der Waals surface area contributed by atoms with Crippen LogP contribution in [0.15, 0.2) is 29.2 Å². The molecule has 0 aliphatic heterocycles. The first kappa shape index (κ1) is 20.1. The van der Waals surface area contributed by atoms with Gasteiger partial charge in [0.05, 0.1) is 10.3 Å². The maximum Gasteiger partial charge on any atom is 0.309 e. The van der Waals surface area contributed by atoms with Crippen molar-refractivity contribution in [2.45, 2.75) is 51.5 Å². The molecular formula is C16H24N2O5S. The van der Waals surface area contributed by atoms with E-state index in [4.69, 9.17) is 5.11 Å². The van der Waals surface area contributed by atoms with Crippen LogP contribution in [0, 0.1) is 5.41 Å². The molecular weight excluding hydrogens is 332 g/mol. The molecule has 0 saturated carbocycles. The Morgan fingerprint density at radius 2 is 1.71 bits per heavy atom. The molecule has 3 N–H and O–H groups in total. The fraction of sp³-hybridized carbons (Fsp3) is 0.500. The SMILES string of the molecule is CC(C)(C)NS(=O)(=O)c1cccc(NC(=O)CC(C)(C)C(=O)O)c1. The number of nitrogens with one attached hydrogen (secondary N) is 2. The zero-order chi connectivity index (χ0) is 18.8. The molecule has 0 saturated heterocycles. The molecule has 24 heavy (non-hydrogen) atoms. The van der Waals surface area contributed by atoms with Crippen LogP contribution in [0.3, 0.4) is 0 Å². The predicted octanol–water partition coefficient (Wildman–Crippen LogP) is 2.20. The summed E-state index contributed by atoms with van der Waals surface area (Å²) in [5, 5.41) is 11.6. The van der Waals surface area contributed by atoms with E-state index >= 15 is 0 Å². The molecule has 0 aliphatic rings. The molecule has 1 aromatic rings. The number of benzene rings is 1. The number of amides is 1. The molecule has 1 rings (SSSR count). The van der Waals surface area contributed by atoms with Crippen LogP contribution in [-0.2, 0) is 19.6 Å². The summed E-state index contributed by atoms with van der Waals surface area (Å²) >= 11 is 0. The van der Waals surface area contributed by atoms with Gasteiger partial charge in [0.15, 0.2) is 0 Å². The minimum Gasteiger partial charge on any atom is -0.481 e. The van der Waals surface area contributed by atoms with Crippen molar-refractivity contribution in [1.29, 1.82) is 0 Å². The molecule has 1 aromatic carbocycles. The van der Waals surface area contributed by atoms with Crippen LogP contribution in [0.2, 0.25) is 0 Å². The van der Waals surface area contributed by atoms with Gasteiger partial charge in [-0.1, -0.05) is 6.07 Å². The van der Waals surface area contributed by atoms with Gasteiger partial charge in [0, 0.05) is 17.6 Å². The van der Waals surface area contributed by atoms with E-state index in [1.807, 2.05) is 0 Å². The Labute approximate surface area is 142 Å². The second-order valence-corrected chi connectivity index (χ2v) is 8.98. The van der Waals surface area contributed by atoms with Crippen LogP contribution in [0.4, 0.5) is 5.69 Å². The Morgan fingerprint density at radius 3 is 2.21 bits per heavy atom. The standard InChI is InChI=1S/C16H24N2O5S/c1-15(2,3)18-24(22,23)12-8-6-7-11(9-12)17-13(19)10-16(4,5)14(20)21/h6-9,18H,10H2,1-5H3,(H,17,19)(H,20,21). The van der Waals surface area contributed by atoms with Gasteiger partial charge >= 0.3 is 5.97 Å². The van der Waals surface area contributed by atoms with Gasteiger partial charge in [0.2, 0.25) is 15.9 Å². The van der Waals surface area contributed by atoms with E-state index in [0.717, 1.165) is 0 Å². The zero-order valence-electron chi connectivity index (χ0n) is 14.5. The van der Waals surface area contributed by atoms with Crippen molar-refractivity contribution in [3.8, 4) is 0 Å². The van der Waals surface area contributed by atoms with Crippen LogP contribution in [0.25, 0.3) is 0 Å². The summed E-state index contributed by atoms with van der Waals surface area (Å²) in [4.78, 5) is 23.1. The molecule has 0 heterocycles. The number of aliphatic carboxylic acids is 1. The Bertz CT molecular complexity index is 733. The molecule has 0 aliphatic carbocycles. The first-order chi connectivity index (χ1) is 10.7. The van der Waals surface area contributed by atoms with Gasteiger partial charge in [0.25, 0.3) is 0 Å². The third-order valence-electron chi connectivity index (χ3n) is 3.05. The summed E-state index contributed by atoms with van der Waals surface area (Å²) in [5.74, 6) is -1.58. The first-order valence-corrected chi connectivity index (χ1v) is 8.89. The number of carbonyl (C=O) groups excluding carboxylic acids is 1. The molecule has 0 spiro atoms. The highest BCUT2D eigenvalue weighted by Crippen LogP contribution is 2.22. The number of anilines is 1. The van der Waals surface area contributed by atoms with E-state index in [9.17, 15) is 18.0 Å². The summed E-state index contributed by atoms with van der Waals surface area (Å²) < 4.78 is 27.1. The van der Waals surface area contributed by atoms with Crippen molar-refractivity contribution >= 4 is 27.6 Å². The maximum absolute atomic E-state index is 12.3. The first-order valence-electron chi connectivity index (χ1n) is 7.40. The minimum atomic E-state index is -3.72. The van der Waals surface area contributed by atoms with Crippen LogP contribution < -0.4 is 10.0 Å². The van der Waals surface area contributed by atoms with Gasteiger partial charge in [0.1, 0.15) is 0 Å². The molecule has 0 atom stereocenters. The fourth-order valence-electron chi connectivity index (χ4n) is 1.89. The smallest absolute Gasteiger partial charge is 0.309 e. The second kappa shape index (κ2) is 6.90. The molecule has 0 radical (unpaired) electrons. The van der Waals surface area contributed by atoms with Gasteiger partial charge < -0.3 is 10.4 Å². The van der Waals surface area contributed by atoms with Crippen LogP contribution in [0.5, 0.6) is 0 Å². The fourth-order valence-corrected chi connectivity index (χ4v) is 3.35. The third-order valence-corrected chi connectivity index (χ3v) is 4.81. The molecule has 0 aromatic heterocycles. The normalized spacial score (nSPS) is 12.7. The van der Waals surface area contributed by atoms with Crippen molar-refractivity contribution in [3.05, 3.63) is 24.3 Å². The quantitative estimate of drug-likeness (QED) is 0.723. The van der Waals surface area contributed by atoms with E-state index < -0.39 is 32.9 Å². The number of carboxylic acids is 1. The lowest BCUT2D eigenvalue weighted by atomic mass is 9.89. The lowest BCUT2D eigenvalue weighted by Gasteiger charge is -2.21. The minimum absolute atomic E-state index is 0.0210. The van der Waals surface area contributed by atoms with E-state index in [-0.39, 0.29) is 17.0 Å². The second-order valence-electron chi connectivity index (χ2n) is 7.30. The van der Waals surface area contributed by atoms with Crippen molar-refractivity contribution < 1.29 is 23.1 Å². The number of carboxylic acid groups (broad SMARTS) is 1. The molecule has 0 unspecified atom stereocenters. The number of hydrogen-bond donors (Lipinski definition) is 3. The molecule has 7 nitrogen and oxygen atoms in total. The summed E-state index contributed by atoms with van der Waals surface area (Å²) in [5.41, 5.74) is -1.55. The number of carbonyl (C=O) groups is 2. The Morgan fingerprint density at radius 1 is 1.12 bits per heavy atom. The highest BCUT2D eigenvalue weighted by molar-refractivity contribution is 7.89. The summed E-state index contributed by atoms with van der Waals surface area (Å²) in [6.07, 6.45) is -0.223. The van der Waals surface area contributed by atoms with E-state index in [1.165, 1.54) is 32.0 Å². The Kier molecular flexibility index (Phi) is 5.78. The van der Waals surface area contributed by atoms with Crippen molar-refractivity contribution in [2.75, 3.05) is 5.32 Å². The van der Waals surface area contributed by atoms with Crippen LogP contribution >= 0.6 is 0 Å². The molecule has 134 valence electrons. The largest absolute Gasteiger partial charge is 0.481 e. The van der Waals surface area contributed by atoms with E-state index in [0.29, 0.717) is 0 Å². The predicted molar refractivity (Wildman–Crippen MR) is 91.2 cm³/mol. The molecule has 0 fully saturated rings. The van der Waals surface area contributed by atoms with Crippen LogP contribution in [-0.4, -0.2) is 30.9 Å².